The lowest BCUT2D eigenvalue weighted by molar-refractivity contribution is -0.138. The topological polar surface area (TPSA) is 79.1 Å². The number of ether oxygens (including phenoxy) is 3. The summed E-state index contributed by atoms with van der Waals surface area (Å²) in [4.78, 5) is 33.2. The Bertz CT molecular complexity index is 2180. The standard InChI is InChI=1S/C36H27BrCl2N2O5S/c1-3-45-35(43)30-31(23-10-6-4-7-11-23)40-36-41(32(30)24-12-8-5-9-13-24)34(42)29(47-36)19-22-16-25(37)33(28(18-22)44-2)46-20-21-14-15-26(38)27(39)17-21/h4-19,32H,3,20H2,1-2H3/b29-19-/t32-/m0/s1. The van der Waals surface area contributed by atoms with Crippen LogP contribution in [0.1, 0.15) is 35.2 Å². The Kier molecular flexibility index (Phi) is 9.98. The lowest BCUT2D eigenvalue weighted by Crippen LogP contribution is -2.39. The zero-order chi connectivity index (χ0) is 33.1. The van der Waals surface area contributed by atoms with Gasteiger partial charge in [-0.25, -0.2) is 9.79 Å². The first kappa shape index (κ1) is 32.8. The van der Waals surface area contributed by atoms with Crippen molar-refractivity contribution in [3.05, 3.63) is 153 Å². The number of thiazole rings is 1. The van der Waals surface area contributed by atoms with Crippen molar-refractivity contribution in [3.8, 4) is 11.5 Å². The van der Waals surface area contributed by atoms with Crippen molar-refractivity contribution in [3.63, 3.8) is 0 Å². The highest BCUT2D eigenvalue weighted by Gasteiger charge is 2.35. The number of carbonyl (C=O) groups is 1. The number of methoxy groups -OCH3 is 1. The quantitative estimate of drug-likeness (QED) is 0.145. The first-order valence-corrected chi connectivity index (χ1v) is 16.9. The van der Waals surface area contributed by atoms with E-state index in [-0.39, 0.29) is 18.8 Å². The molecule has 0 saturated carbocycles. The molecule has 1 aliphatic heterocycles. The first-order valence-electron chi connectivity index (χ1n) is 14.6. The molecule has 7 nitrogen and oxygen atoms in total. The van der Waals surface area contributed by atoms with E-state index in [0.717, 1.165) is 16.7 Å². The average molecular weight is 750 g/mol. The molecule has 47 heavy (non-hydrogen) atoms. The second-order valence-corrected chi connectivity index (χ2v) is 13.1. The van der Waals surface area contributed by atoms with Crippen LogP contribution in [0.3, 0.4) is 0 Å². The van der Waals surface area contributed by atoms with Gasteiger partial charge in [0, 0.05) is 5.56 Å². The molecule has 0 aliphatic carbocycles. The Morgan fingerprint density at radius 1 is 1.00 bits per heavy atom. The predicted octanol–water partition coefficient (Wildman–Crippen LogP) is 7.59. The molecule has 2 heterocycles. The van der Waals surface area contributed by atoms with E-state index in [1.165, 1.54) is 11.3 Å². The summed E-state index contributed by atoms with van der Waals surface area (Å²) in [5, 5.41) is 0.905. The molecule has 1 atom stereocenters. The highest BCUT2D eigenvalue weighted by molar-refractivity contribution is 9.10. The molecule has 11 heteroatoms. The summed E-state index contributed by atoms with van der Waals surface area (Å²) in [7, 11) is 1.55. The Balaban J connectivity index is 1.47. The van der Waals surface area contributed by atoms with Crippen LogP contribution in [0.4, 0.5) is 0 Å². The maximum Gasteiger partial charge on any atom is 0.338 e. The summed E-state index contributed by atoms with van der Waals surface area (Å²) in [5.41, 5.74) is 3.54. The van der Waals surface area contributed by atoms with Crippen molar-refractivity contribution < 1.29 is 19.0 Å². The van der Waals surface area contributed by atoms with Crippen molar-refractivity contribution >= 4 is 68.2 Å². The van der Waals surface area contributed by atoms with Gasteiger partial charge in [0.15, 0.2) is 16.3 Å². The molecule has 0 fully saturated rings. The lowest BCUT2D eigenvalue weighted by Gasteiger charge is -2.25. The van der Waals surface area contributed by atoms with Gasteiger partial charge < -0.3 is 14.2 Å². The van der Waals surface area contributed by atoms with Crippen molar-refractivity contribution in [2.24, 2.45) is 4.99 Å². The molecule has 0 bridgehead atoms. The van der Waals surface area contributed by atoms with Gasteiger partial charge in [-0.15, -0.1) is 0 Å². The van der Waals surface area contributed by atoms with E-state index in [9.17, 15) is 9.59 Å². The molecule has 1 aliphatic rings. The van der Waals surface area contributed by atoms with Crippen LogP contribution >= 0.6 is 50.5 Å². The summed E-state index contributed by atoms with van der Waals surface area (Å²) in [6.45, 7) is 2.17. The molecule has 0 spiro atoms. The van der Waals surface area contributed by atoms with E-state index >= 15 is 0 Å². The smallest absolute Gasteiger partial charge is 0.338 e. The summed E-state index contributed by atoms with van der Waals surface area (Å²) in [6, 6.07) is 27.1. The zero-order valence-electron chi connectivity index (χ0n) is 25.2. The molecule has 6 rings (SSSR count). The molecule has 0 amide bonds. The highest BCUT2D eigenvalue weighted by atomic mass is 79.9. The minimum Gasteiger partial charge on any atom is -0.493 e. The van der Waals surface area contributed by atoms with Crippen molar-refractivity contribution in [1.82, 2.24) is 4.57 Å². The number of hydrogen-bond donors (Lipinski definition) is 0. The highest BCUT2D eigenvalue weighted by Crippen LogP contribution is 2.38. The predicted molar refractivity (Wildman–Crippen MR) is 189 cm³/mol. The molecule has 238 valence electrons. The fourth-order valence-corrected chi connectivity index (χ4v) is 7.19. The van der Waals surface area contributed by atoms with Crippen LogP contribution in [0.15, 0.2) is 111 Å². The van der Waals surface area contributed by atoms with Crippen molar-refractivity contribution in [1.29, 1.82) is 0 Å². The molecule has 0 N–H and O–H groups in total. The van der Waals surface area contributed by atoms with E-state index in [1.807, 2.05) is 72.8 Å². The molecule has 1 aromatic heterocycles. The summed E-state index contributed by atoms with van der Waals surface area (Å²) >= 11 is 17.1. The van der Waals surface area contributed by atoms with Crippen LogP contribution in [0.2, 0.25) is 10.0 Å². The minimum atomic E-state index is -0.748. The van der Waals surface area contributed by atoms with Gasteiger partial charge in [0.1, 0.15) is 6.61 Å². The maximum absolute atomic E-state index is 14.2. The second kappa shape index (κ2) is 14.3. The number of aromatic nitrogens is 1. The van der Waals surface area contributed by atoms with Gasteiger partial charge in [-0.3, -0.25) is 9.36 Å². The van der Waals surface area contributed by atoms with Gasteiger partial charge in [-0.2, -0.15) is 0 Å². The number of benzene rings is 4. The summed E-state index contributed by atoms with van der Waals surface area (Å²) < 4.78 is 19.9. The van der Waals surface area contributed by atoms with Crippen molar-refractivity contribution in [2.75, 3.05) is 13.7 Å². The minimum absolute atomic E-state index is 0.181. The number of carbonyl (C=O) groups excluding carboxylic acids is 1. The van der Waals surface area contributed by atoms with E-state index < -0.39 is 12.0 Å². The fraction of sp³-hybridized carbons (Fsp3) is 0.139. The van der Waals surface area contributed by atoms with Crippen molar-refractivity contribution in [2.45, 2.75) is 19.6 Å². The van der Waals surface area contributed by atoms with Crippen LogP contribution in [-0.4, -0.2) is 24.3 Å². The van der Waals surface area contributed by atoms with Gasteiger partial charge in [-0.1, -0.05) is 101 Å². The number of hydrogen-bond acceptors (Lipinski definition) is 7. The molecule has 0 radical (unpaired) electrons. The van der Waals surface area contributed by atoms with Gasteiger partial charge in [0.05, 0.1) is 50.1 Å². The monoisotopic (exact) mass is 748 g/mol. The van der Waals surface area contributed by atoms with E-state index in [4.69, 9.17) is 42.4 Å². The maximum atomic E-state index is 14.2. The number of fused-ring (bicyclic) bond motifs is 1. The second-order valence-electron chi connectivity index (χ2n) is 10.4. The number of rotatable bonds is 9. The van der Waals surface area contributed by atoms with Crippen LogP contribution in [-0.2, 0) is 16.1 Å². The number of esters is 1. The van der Waals surface area contributed by atoms with Gasteiger partial charge in [0.2, 0.25) is 0 Å². The third kappa shape index (κ3) is 6.80. The van der Waals surface area contributed by atoms with Crippen LogP contribution in [0.5, 0.6) is 11.5 Å². The third-order valence-corrected chi connectivity index (χ3v) is 9.72. The Morgan fingerprint density at radius 2 is 1.72 bits per heavy atom. The third-order valence-electron chi connectivity index (χ3n) is 7.41. The molecule has 0 saturated heterocycles. The van der Waals surface area contributed by atoms with Gasteiger partial charge in [0.25, 0.3) is 5.56 Å². The first-order chi connectivity index (χ1) is 22.8. The lowest BCUT2D eigenvalue weighted by atomic mass is 9.93. The SMILES string of the molecule is CCOC(=O)C1=C(c2ccccc2)N=c2s/c(=C\c3cc(Br)c(OCc4ccc(Cl)c(Cl)c4)c(OC)c3)c(=O)n2[C@H]1c1ccccc1. The number of halogens is 3. The molecular weight excluding hydrogens is 723 g/mol. The van der Waals surface area contributed by atoms with Gasteiger partial charge >= 0.3 is 5.97 Å². The van der Waals surface area contributed by atoms with Gasteiger partial charge in [-0.05, 0) is 69.9 Å². The Labute approximate surface area is 293 Å². The molecule has 0 unspecified atom stereocenters. The molecular formula is C36H27BrCl2N2O5S. The summed E-state index contributed by atoms with van der Waals surface area (Å²) in [6.07, 6.45) is 1.78. The summed E-state index contributed by atoms with van der Waals surface area (Å²) in [5.74, 6) is 0.438. The van der Waals surface area contributed by atoms with E-state index in [0.29, 0.717) is 52.2 Å². The largest absolute Gasteiger partial charge is 0.493 e. The Morgan fingerprint density at radius 3 is 2.40 bits per heavy atom. The average Bonchev–Trinajstić information content (AvgIpc) is 3.39. The normalized spacial score (nSPS) is 14.4. The Hall–Kier alpha value is -4.15. The molecule has 5 aromatic rings. The van der Waals surface area contributed by atoms with Crippen LogP contribution < -0.4 is 24.4 Å². The fourth-order valence-electron chi connectivity index (χ4n) is 5.29. The van der Waals surface area contributed by atoms with E-state index in [2.05, 4.69) is 15.9 Å². The van der Waals surface area contributed by atoms with Crippen LogP contribution in [0, 0.1) is 0 Å². The van der Waals surface area contributed by atoms with Crippen LogP contribution in [0.25, 0.3) is 11.8 Å². The zero-order valence-corrected chi connectivity index (χ0v) is 29.1. The van der Waals surface area contributed by atoms with E-state index in [1.54, 1.807) is 42.9 Å². The number of nitrogens with zero attached hydrogens (tertiary/aromatic N) is 2. The molecule has 4 aromatic carbocycles.